The van der Waals surface area contributed by atoms with E-state index < -0.39 is 72.6 Å². The zero-order valence-corrected chi connectivity index (χ0v) is 18.2. The number of carbonyl (C=O) groups is 6. The second-order valence-corrected chi connectivity index (χ2v) is 7.44. The summed E-state index contributed by atoms with van der Waals surface area (Å²) in [7, 11) is 0. The molecule has 14 nitrogen and oxygen atoms in total. The Kier molecular flexibility index (Phi) is 10.4. The first-order valence-electron chi connectivity index (χ1n) is 9.97. The molecule has 0 aliphatic heterocycles. The number of amides is 4. The number of aliphatic carboxylic acids is 2. The average molecular weight is 481 g/mol. The molecule has 4 amide bonds. The molecular weight excluding hydrogens is 454 g/mol. The van der Waals surface area contributed by atoms with Crippen molar-refractivity contribution in [3.63, 3.8) is 0 Å². The molecule has 14 heteroatoms. The number of hydrogen-bond donors (Lipinski definition) is 8. The summed E-state index contributed by atoms with van der Waals surface area (Å²) in [6, 6.07) is -0.130. The number of rotatable bonds is 13. The molecule has 0 fully saturated rings. The lowest BCUT2D eigenvalue weighted by Crippen LogP contribution is -2.58. The summed E-state index contributed by atoms with van der Waals surface area (Å²) in [6.45, 7) is 1.21. The zero-order chi connectivity index (χ0) is 26.0. The molecule has 1 rings (SSSR count). The minimum Gasteiger partial charge on any atom is -0.508 e. The summed E-state index contributed by atoms with van der Waals surface area (Å²) in [5.41, 5.74) is 11.1. The van der Waals surface area contributed by atoms with Crippen molar-refractivity contribution in [2.24, 2.45) is 11.5 Å². The Labute approximate surface area is 193 Å². The van der Waals surface area contributed by atoms with Crippen molar-refractivity contribution < 1.29 is 44.1 Å². The molecule has 0 radical (unpaired) electrons. The topological polar surface area (TPSA) is 251 Å². The summed E-state index contributed by atoms with van der Waals surface area (Å²) in [5.74, 6) is -6.64. The van der Waals surface area contributed by atoms with Crippen LogP contribution in [0.2, 0.25) is 0 Å². The molecule has 0 aliphatic carbocycles. The largest absolute Gasteiger partial charge is 0.508 e. The summed E-state index contributed by atoms with van der Waals surface area (Å²) in [5, 5.41) is 33.9. The van der Waals surface area contributed by atoms with Gasteiger partial charge in [0.25, 0.3) is 0 Å². The zero-order valence-electron chi connectivity index (χ0n) is 18.2. The quantitative estimate of drug-likeness (QED) is 0.143. The van der Waals surface area contributed by atoms with Crippen LogP contribution in [0, 0.1) is 0 Å². The van der Waals surface area contributed by atoms with E-state index in [2.05, 4.69) is 16.0 Å². The van der Waals surface area contributed by atoms with Crippen molar-refractivity contribution in [1.82, 2.24) is 16.0 Å². The van der Waals surface area contributed by atoms with Crippen LogP contribution < -0.4 is 27.4 Å². The van der Waals surface area contributed by atoms with Gasteiger partial charge in [0.1, 0.15) is 23.9 Å². The fourth-order valence-corrected chi connectivity index (χ4v) is 2.70. The van der Waals surface area contributed by atoms with Crippen molar-refractivity contribution in [3.05, 3.63) is 29.8 Å². The number of carboxylic acids is 2. The molecule has 4 atom stereocenters. The molecule has 34 heavy (non-hydrogen) atoms. The molecule has 1 aromatic rings. The highest BCUT2D eigenvalue weighted by Crippen LogP contribution is 2.12. The second-order valence-electron chi connectivity index (χ2n) is 7.44. The van der Waals surface area contributed by atoms with Gasteiger partial charge in [0.2, 0.25) is 23.6 Å². The number of phenols is 1. The minimum absolute atomic E-state index is 0.0461. The maximum absolute atomic E-state index is 12.8. The predicted octanol–water partition coefficient (Wildman–Crippen LogP) is -2.83. The van der Waals surface area contributed by atoms with Crippen LogP contribution in [0.25, 0.3) is 0 Å². The Balaban J connectivity index is 3.09. The smallest absolute Gasteiger partial charge is 0.325 e. The molecule has 0 aromatic heterocycles. The molecule has 0 aliphatic rings. The first-order chi connectivity index (χ1) is 15.8. The third-order valence-electron chi connectivity index (χ3n) is 4.51. The second kappa shape index (κ2) is 12.7. The van der Waals surface area contributed by atoms with E-state index >= 15 is 0 Å². The predicted molar refractivity (Wildman–Crippen MR) is 115 cm³/mol. The van der Waals surface area contributed by atoms with Crippen LogP contribution in [-0.4, -0.2) is 75.1 Å². The van der Waals surface area contributed by atoms with Crippen LogP contribution >= 0.6 is 0 Å². The van der Waals surface area contributed by atoms with Crippen LogP contribution in [-0.2, 0) is 35.2 Å². The Morgan fingerprint density at radius 2 is 1.38 bits per heavy atom. The summed E-state index contributed by atoms with van der Waals surface area (Å²) < 4.78 is 0. The molecule has 0 heterocycles. The van der Waals surface area contributed by atoms with Crippen molar-refractivity contribution in [2.45, 2.75) is 50.4 Å². The lowest BCUT2D eigenvalue weighted by atomic mass is 10.0. The fourth-order valence-electron chi connectivity index (χ4n) is 2.70. The lowest BCUT2D eigenvalue weighted by molar-refractivity contribution is -0.142. The van der Waals surface area contributed by atoms with E-state index in [0.29, 0.717) is 5.56 Å². The number of benzene rings is 1. The van der Waals surface area contributed by atoms with Crippen molar-refractivity contribution in [1.29, 1.82) is 0 Å². The Bertz CT molecular complexity index is 935. The Morgan fingerprint density at radius 1 is 0.853 bits per heavy atom. The highest BCUT2D eigenvalue weighted by molar-refractivity contribution is 5.96. The summed E-state index contributed by atoms with van der Waals surface area (Å²) in [6.07, 6.45) is -1.56. The molecule has 0 spiro atoms. The monoisotopic (exact) mass is 481 g/mol. The van der Waals surface area contributed by atoms with Gasteiger partial charge in [-0.15, -0.1) is 0 Å². The van der Waals surface area contributed by atoms with Crippen molar-refractivity contribution in [3.8, 4) is 5.75 Å². The SMILES string of the molecule is CC(NC(=O)C(Cc1ccc(O)cc1)NC(=O)C(CC(N)=O)NC(=O)C(N)CC(=O)O)C(=O)O. The van der Waals surface area contributed by atoms with Crippen LogP contribution in [0.3, 0.4) is 0 Å². The molecular formula is C20H27N5O9. The van der Waals surface area contributed by atoms with Gasteiger partial charge in [-0.1, -0.05) is 12.1 Å². The van der Waals surface area contributed by atoms with Gasteiger partial charge in [-0.05, 0) is 24.6 Å². The first-order valence-corrected chi connectivity index (χ1v) is 9.97. The van der Waals surface area contributed by atoms with Crippen LogP contribution in [0.1, 0.15) is 25.3 Å². The standard InChI is InChI=1S/C20H27N5O9/c1-9(20(33)34)23-18(31)13(6-10-2-4-11(26)5-3-10)25-19(32)14(8-15(22)27)24-17(30)12(21)7-16(28)29/h2-5,9,12-14,26H,6-8,21H2,1H3,(H2,22,27)(H,23,31)(H,24,30)(H,25,32)(H,28,29)(H,33,34). The van der Waals surface area contributed by atoms with Gasteiger partial charge in [0.05, 0.1) is 18.9 Å². The number of primary amides is 1. The number of carboxylic acid groups (broad SMARTS) is 2. The highest BCUT2D eigenvalue weighted by Gasteiger charge is 2.31. The van der Waals surface area contributed by atoms with Gasteiger partial charge in [0, 0.05) is 6.42 Å². The molecule has 0 saturated heterocycles. The van der Waals surface area contributed by atoms with Gasteiger partial charge in [-0.25, -0.2) is 0 Å². The highest BCUT2D eigenvalue weighted by atomic mass is 16.4. The Hall–Kier alpha value is -4.20. The maximum atomic E-state index is 12.8. The lowest BCUT2D eigenvalue weighted by Gasteiger charge is -2.24. The normalized spacial score (nSPS) is 14.1. The molecule has 186 valence electrons. The van der Waals surface area contributed by atoms with E-state index in [1.165, 1.54) is 31.2 Å². The molecule has 4 unspecified atom stereocenters. The number of aromatic hydroxyl groups is 1. The maximum Gasteiger partial charge on any atom is 0.325 e. The van der Waals surface area contributed by atoms with Crippen LogP contribution in [0.15, 0.2) is 24.3 Å². The van der Waals surface area contributed by atoms with Crippen molar-refractivity contribution in [2.75, 3.05) is 0 Å². The number of nitrogens with two attached hydrogens (primary N) is 2. The van der Waals surface area contributed by atoms with E-state index in [4.69, 9.17) is 21.7 Å². The first kappa shape index (κ1) is 27.8. The molecule has 0 bridgehead atoms. The number of nitrogens with one attached hydrogen (secondary N) is 3. The number of phenolic OH excluding ortho intramolecular Hbond substituents is 1. The van der Waals surface area contributed by atoms with Crippen LogP contribution in [0.5, 0.6) is 5.75 Å². The summed E-state index contributed by atoms with van der Waals surface area (Å²) in [4.78, 5) is 70.8. The van der Waals surface area contributed by atoms with E-state index in [9.17, 15) is 33.9 Å². The van der Waals surface area contributed by atoms with E-state index in [-0.39, 0.29) is 12.2 Å². The minimum atomic E-state index is -1.59. The Morgan fingerprint density at radius 3 is 1.88 bits per heavy atom. The average Bonchev–Trinajstić information content (AvgIpc) is 2.73. The third-order valence-corrected chi connectivity index (χ3v) is 4.51. The van der Waals surface area contributed by atoms with Crippen LogP contribution in [0.4, 0.5) is 0 Å². The van der Waals surface area contributed by atoms with Gasteiger partial charge >= 0.3 is 11.9 Å². The molecule has 10 N–H and O–H groups in total. The third kappa shape index (κ3) is 9.52. The fraction of sp³-hybridized carbons (Fsp3) is 0.400. The van der Waals surface area contributed by atoms with E-state index in [1.54, 1.807) is 0 Å². The molecule has 1 aromatic carbocycles. The van der Waals surface area contributed by atoms with Gasteiger partial charge < -0.3 is 42.7 Å². The van der Waals surface area contributed by atoms with Gasteiger partial charge in [-0.2, -0.15) is 0 Å². The number of carbonyl (C=O) groups excluding carboxylic acids is 4. The summed E-state index contributed by atoms with van der Waals surface area (Å²) >= 11 is 0. The molecule has 0 saturated carbocycles. The van der Waals surface area contributed by atoms with Crippen molar-refractivity contribution >= 4 is 35.6 Å². The van der Waals surface area contributed by atoms with E-state index in [0.717, 1.165) is 0 Å². The van der Waals surface area contributed by atoms with E-state index in [1.807, 2.05) is 0 Å². The number of hydrogen-bond acceptors (Lipinski definition) is 8. The van der Waals surface area contributed by atoms with Gasteiger partial charge in [-0.3, -0.25) is 28.8 Å². The van der Waals surface area contributed by atoms with Gasteiger partial charge in [0.15, 0.2) is 0 Å².